The topological polar surface area (TPSA) is 18.5 Å². The summed E-state index contributed by atoms with van der Waals surface area (Å²) in [6.07, 6.45) is 20.9. The first kappa shape index (κ1) is 20.5. The van der Waals surface area contributed by atoms with E-state index in [1.807, 2.05) is 6.08 Å². The molecule has 0 bridgehead atoms. The van der Waals surface area contributed by atoms with Crippen molar-refractivity contribution in [3.05, 3.63) is 82.5 Å². The molecule has 2 nitrogen and oxygen atoms in total. The molecular formula is C28H32O2. The van der Waals surface area contributed by atoms with Crippen LogP contribution in [0.2, 0.25) is 0 Å². The second-order valence-corrected chi connectivity index (χ2v) is 8.77. The van der Waals surface area contributed by atoms with Gasteiger partial charge in [-0.2, -0.15) is 0 Å². The number of ether oxygens (including phenoxy) is 2. The zero-order chi connectivity index (χ0) is 21.1. The van der Waals surface area contributed by atoms with Crippen molar-refractivity contribution in [2.45, 2.75) is 58.5 Å². The Morgan fingerprint density at radius 3 is 2.80 bits per heavy atom. The fourth-order valence-corrected chi connectivity index (χ4v) is 4.34. The summed E-state index contributed by atoms with van der Waals surface area (Å²) in [4.78, 5) is 0. The first-order valence-electron chi connectivity index (χ1n) is 11.1. The minimum Gasteiger partial charge on any atom is -0.487 e. The highest BCUT2D eigenvalue weighted by atomic mass is 16.5. The molecule has 30 heavy (non-hydrogen) atoms. The van der Waals surface area contributed by atoms with Gasteiger partial charge in [0.15, 0.2) is 0 Å². The number of benzene rings is 1. The molecule has 2 aliphatic heterocycles. The van der Waals surface area contributed by atoms with Crippen molar-refractivity contribution < 1.29 is 9.47 Å². The predicted molar refractivity (Wildman–Crippen MR) is 127 cm³/mol. The van der Waals surface area contributed by atoms with E-state index in [0.717, 1.165) is 48.3 Å². The second kappa shape index (κ2) is 8.55. The number of allylic oxidation sites excluding steroid dienone is 6. The Balaban J connectivity index is 1.68. The Kier molecular flexibility index (Phi) is 5.85. The molecule has 2 heterocycles. The van der Waals surface area contributed by atoms with Gasteiger partial charge in [0.25, 0.3) is 0 Å². The van der Waals surface area contributed by atoms with Crippen molar-refractivity contribution in [3.8, 4) is 11.5 Å². The van der Waals surface area contributed by atoms with Crippen molar-refractivity contribution in [3.63, 3.8) is 0 Å². The Bertz CT molecular complexity index is 996. The molecule has 3 aliphatic rings. The van der Waals surface area contributed by atoms with E-state index in [1.54, 1.807) is 0 Å². The number of rotatable bonds is 6. The average Bonchev–Trinajstić information content (AvgIpc) is 2.93. The van der Waals surface area contributed by atoms with Crippen LogP contribution in [-0.4, -0.2) is 12.2 Å². The standard InChI is InChI=1S/C28H32O2/c1-5-7-11-21-17-20(9-6-2)10-8-12-24(21)23-18-22-13-14-26-25(27(22)29-19-23)15-16-28(3,4)30-26/h5,10,12-18H,1,6-9,11,19H2,2-4H3. The van der Waals surface area contributed by atoms with Crippen molar-refractivity contribution in [2.24, 2.45) is 0 Å². The van der Waals surface area contributed by atoms with Crippen molar-refractivity contribution in [1.82, 2.24) is 0 Å². The maximum absolute atomic E-state index is 6.32. The average molecular weight is 401 g/mol. The molecule has 0 fully saturated rings. The summed E-state index contributed by atoms with van der Waals surface area (Å²) >= 11 is 0. The van der Waals surface area contributed by atoms with Crippen LogP contribution in [0.1, 0.15) is 64.0 Å². The highest BCUT2D eigenvalue weighted by Gasteiger charge is 2.27. The van der Waals surface area contributed by atoms with E-state index in [0.29, 0.717) is 6.61 Å². The van der Waals surface area contributed by atoms with Gasteiger partial charge in [0, 0.05) is 5.56 Å². The molecule has 2 heteroatoms. The van der Waals surface area contributed by atoms with Gasteiger partial charge in [-0.15, -0.1) is 6.58 Å². The number of hydrogen-bond donors (Lipinski definition) is 0. The van der Waals surface area contributed by atoms with Crippen LogP contribution in [0.4, 0.5) is 0 Å². The van der Waals surface area contributed by atoms with E-state index in [4.69, 9.17) is 9.47 Å². The third-order valence-electron chi connectivity index (χ3n) is 5.82. The lowest BCUT2D eigenvalue weighted by Crippen LogP contribution is -2.27. The minimum atomic E-state index is -0.282. The molecule has 0 saturated heterocycles. The molecule has 156 valence electrons. The normalized spacial score (nSPS) is 19.0. The third kappa shape index (κ3) is 4.23. The van der Waals surface area contributed by atoms with Crippen LogP contribution < -0.4 is 9.47 Å². The number of hydrogen-bond acceptors (Lipinski definition) is 2. The van der Waals surface area contributed by atoms with Crippen molar-refractivity contribution in [2.75, 3.05) is 6.61 Å². The maximum atomic E-state index is 6.32. The van der Waals surface area contributed by atoms with Crippen LogP contribution in [-0.2, 0) is 0 Å². The second-order valence-electron chi connectivity index (χ2n) is 8.77. The van der Waals surface area contributed by atoms with Gasteiger partial charge in [-0.1, -0.05) is 43.2 Å². The van der Waals surface area contributed by atoms with Gasteiger partial charge in [0.2, 0.25) is 0 Å². The van der Waals surface area contributed by atoms with Crippen LogP contribution in [0, 0.1) is 0 Å². The van der Waals surface area contributed by atoms with Gasteiger partial charge in [-0.3, -0.25) is 0 Å². The zero-order valence-electron chi connectivity index (χ0n) is 18.5. The van der Waals surface area contributed by atoms with Crippen LogP contribution in [0.5, 0.6) is 11.5 Å². The Labute approximate surface area is 181 Å². The lowest BCUT2D eigenvalue weighted by molar-refractivity contribution is 0.158. The smallest absolute Gasteiger partial charge is 0.137 e. The lowest BCUT2D eigenvalue weighted by Gasteiger charge is -2.30. The monoisotopic (exact) mass is 400 g/mol. The first-order valence-corrected chi connectivity index (χ1v) is 11.1. The summed E-state index contributed by atoms with van der Waals surface area (Å²) < 4.78 is 12.4. The van der Waals surface area contributed by atoms with E-state index in [-0.39, 0.29) is 5.60 Å². The molecular weight excluding hydrogens is 368 g/mol. The Morgan fingerprint density at radius 1 is 1.13 bits per heavy atom. The molecule has 0 radical (unpaired) electrons. The van der Waals surface area contributed by atoms with Crippen LogP contribution in [0.3, 0.4) is 0 Å². The van der Waals surface area contributed by atoms with Gasteiger partial charge < -0.3 is 9.47 Å². The molecule has 0 aromatic heterocycles. The molecule has 0 spiro atoms. The Hall–Kier alpha value is -2.74. The highest BCUT2D eigenvalue weighted by Crippen LogP contribution is 2.43. The summed E-state index contributed by atoms with van der Waals surface area (Å²) in [5, 5.41) is 0. The minimum absolute atomic E-state index is 0.282. The van der Waals surface area contributed by atoms with Gasteiger partial charge >= 0.3 is 0 Å². The molecule has 4 rings (SSSR count). The predicted octanol–water partition coefficient (Wildman–Crippen LogP) is 7.60. The molecule has 0 atom stereocenters. The first-order chi connectivity index (χ1) is 14.5. The zero-order valence-corrected chi connectivity index (χ0v) is 18.5. The highest BCUT2D eigenvalue weighted by molar-refractivity contribution is 5.78. The van der Waals surface area contributed by atoms with Crippen molar-refractivity contribution in [1.29, 1.82) is 0 Å². The third-order valence-corrected chi connectivity index (χ3v) is 5.82. The molecule has 1 aromatic carbocycles. The fraction of sp³-hybridized carbons (Fsp3) is 0.357. The van der Waals surface area contributed by atoms with E-state index in [2.05, 4.69) is 75.9 Å². The Morgan fingerprint density at radius 2 is 2.00 bits per heavy atom. The van der Waals surface area contributed by atoms with Gasteiger partial charge in [-0.25, -0.2) is 0 Å². The molecule has 0 amide bonds. The molecule has 1 aromatic rings. The van der Waals surface area contributed by atoms with Crippen molar-refractivity contribution >= 4 is 12.2 Å². The van der Waals surface area contributed by atoms with Crippen LogP contribution >= 0.6 is 0 Å². The number of fused-ring (bicyclic) bond motifs is 3. The van der Waals surface area contributed by atoms with Crippen LogP contribution in [0.25, 0.3) is 12.2 Å². The van der Waals surface area contributed by atoms with Gasteiger partial charge in [-0.05, 0) is 86.6 Å². The van der Waals surface area contributed by atoms with Gasteiger partial charge in [0.1, 0.15) is 23.7 Å². The fourth-order valence-electron chi connectivity index (χ4n) is 4.34. The summed E-state index contributed by atoms with van der Waals surface area (Å²) in [5.41, 5.74) is 7.31. The largest absolute Gasteiger partial charge is 0.487 e. The molecule has 0 saturated carbocycles. The molecule has 0 unspecified atom stereocenters. The van der Waals surface area contributed by atoms with E-state index in [9.17, 15) is 0 Å². The van der Waals surface area contributed by atoms with E-state index >= 15 is 0 Å². The summed E-state index contributed by atoms with van der Waals surface area (Å²) in [6, 6.07) is 4.19. The summed E-state index contributed by atoms with van der Waals surface area (Å²) in [5.74, 6) is 1.82. The maximum Gasteiger partial charge on any atom is 0.137 e. The van der Waals surface area contributed by atoms with Crippen LogP contribution in [0.15, 0.2) is 71.4 Å². The van der Waals surface area contributed by atoms with E-state index < -0.39 is 0 Å². The summed E-state index contributed by atoms with van der Waals surface area (Å²) in [7, 11) is 0. The summed E-state index contributed by atoms with van der Waals surface area (Å²) in [6.45, 7) is 10.9. The molecule has 0 N–H and O–H groups in total. The SMILES string of the molecule is C=CCCC1=CC(CCC)=CCC=C1C1=Cc2ccc3c(c2OC1)C=CC(C)(C)O3. The van der Waals surface area contributed by atoms with Gasteiger partial charge in [0.05, 0.1) is 5.56 Å². The molecule has 1 aliphatic carbocycles. The lowest BCUT2D eigenvalue weighted by atomic mass is 9.90. The quantitative estimate of drug-likeness (QED) is 0.458. The van der Waals surface area contributed by atoms with E-state index in [1.165, 1.54) is 28.7 Å².